The highest BCUT2D eigenvalue weighted by atomic mass is 16.5. The molecule has 1 N–H and O–H groups in total. The van der Waals surface area contributed by atoms with E-state index in [1.807, 2.05) is 30.3 Å². The van der Waals surface area contributed by atoms with Crippen molar-refractivity contribution >= 4 is 28.5 Å². The first-order valence-corrected chi connectivity index (χ1v) is 13.0. The molecule has 2 fully saturated rings. The predicted octanol–water partition coefficient (Wildman–Crippen LogP) is 4.14. The predicted molar refractivity (Wildman–Crippen MR) is 145 cm³/mol. The zero-order valence-corrected chi connectivity index (χ0v) is 22.1. The molecule has 0 radical (unpaired) electrons. The number of benzene rings is 2. The molecule has 2 aliphatic heterocycles. The molecular weight excluding hydrogens is 484 g/mol. The van der Waals surface area contributed by atoms with E-state index < -0.39 is 5.54 Å². The van der Waals surface area contributed by atoms with Gasteiger partial charge in [-0.2, -0.15) is 0 Å². The first-order valence-electron chi connectivity index (χ1n) is 13.0. The Hall–Kier alpha value is -3.69. The maximum atomic E-state index is 13.7. The first kappa shape index (κ1) is 25.9. The van der Waals surface area contributed by atoms with Gasteiger partial charge in [-0.1, -0.05) is 18.2 Å². The van der Waals surface area contributed by atoms with Gasteiger partial charge in [-0.25, -0.2) is 9.69 Å². The van der Waals surface area contributed by atoms with Gasteiger partial charge >= 0.3 is 6.03 Å². The fourth-order valence-corrected chi connectivity index (χ4v) is 5.04. The monoisotopic (exact) mass is 518 g/mol. The van der Waals surface area contributed by atoms with Gasteiger partial charge < -0.3 is 24.4 Å². The fourth-order valence-electron chi connectivity index (χ4n) is 5.04. The van der Waals surface area contributed by atoms with E-state index in [0.717, 1.165) is 35.9 Å². The molecule has 0 spiro atoms. The molecular formula is C29H34N4O5. The molecule has 5 rings (SSSR count). The minimum Gasteiger partial charge on any atom is -0.493 e. The van der Waals surface area contributed by atoms with Crippen molar-refractivity contribution in [2.75, 3.05) is 38.4 Å². The molecule has 38 heavy (non-hydrogen) atoms. The molecule has 200 valence electrons. The molecule has 0 saturated carbocycles. The molecule has 1 atom stereocenters. The van der Waals surface area contributed by atoms with E-state index in [4.69, 9.17) is 14.2 Å². The number of amides is 3. The lowest BCUT2D eigenvalue weighted by atomic mass is 10.0. The minimum atomic E-state index is -1.03. The molecule has 1 aromatic heterocycles. The first-order chi connectivity index (χ1) is 18.4. The Labute approximate surface area is 222 Å². The van der Waals surface area contributed by atoms with E-state index in [2.05, 4.69) is 10.3 Å². The van der Waals surface area contributed by atoms with Crippen LogP contribution in [0.25, 0.3) is 10.9 Å². The summed E-state index contributed by atoms with van der Waals surface area (Å²) >= 11 is 0. The Kier molecular flexibility index (Phi) is 7.49. The van der Waals surface area contributed by atoms with Crippen LogP contribution in [-0.2, 0) is 16.1 Å². The number of methoxy groups -OCH3 is 1. The number of hydrogen-bond acceptors (Lipinski definition) is 7. The number of carbonyl (C=O) groups excluding carboxylic acids is 2. The van der Waals surface area contributed by atoms with E-state index in [9.17, 15) is 9.59 Å². The number of nitrogens with zero attached hydrogens (tertiary/aromatic N) is 3. The van der Waals surface area contributed by atoms with Crippen LogP contribution < -0.4 is 19.7 Å². The Bertz CT molecular complexity index is 1320. The summed E-state index contributed by atoms with van der Waals surface area (Å²) in [5.41, 5.74) is 1.19. The summed E-state index contributed by atoms with van der Waals surface area (Å²) in [6, 6.07) is 14.8. The van der Waals surface area contributed by atoms with Crippen LogP contribution in [0, 0.1) is 0 Å². The maximum Gasteiger partial charge on any atom is 0.332 e. The van der Waals surface area contributed by atoms with Crippen LogP contribution >= 0.6 is 0 Å². The number of para-hydroxylation sites is 1. The van der Waals surface area contributed by atoms with Crippen molar-refractivity contribution in [3.05, 3.63) is 60.3 Å². The molecule has 3 heterocycles. The summed E-state index contributed by atoms with van der Waals surface area (Å²) in [6.07, 6.45) is 3.87. The molecule has 0 aliphatic carbocycles. The minimum absolute atomic E-state index is 0.285. The van der Waals surface area contributed by atoms with Gasteiger partial charge in [-0.3, -0.25) is 9.78 Å². The number of nitrogens with one attached hydrogen (secondary N) is 1. The van der Waals surface area contributed by atoms with Crippen molar-refractivity contribution in [3.8, 4) is 11.5 Å². The van der Waals surface area contributed by atoms with Gasteiger partial charge in [-0.05, 0) is 56.5 Å². The topological polar surface area (TPSA) is 93.2 Å². The van der Waals surface area contributed by atoms with Crippen molar-refractivity contribution in [2.45, 2.75) is 44.8 Å². The molecule has 9 nitrogen and oxygen atoms in total. The van der Waals surface area contributed by atoms with Crippen molar-refractivity contribution in [1.82, 2.24) is 15.2 Å². The number of ether oxygens (including phenoxy) is 3. The second kappa shape index (κ2) is 11.0. The SMILES string of the molecule is COc1ccc(N2C(=O)N(Cc3ccnc4ccccc34)C(C)(C)C2=O)cc1OCCNC1CCCOC1. The number of carbonyl (C=O) groups is 2. The van der Waals surface area contributed by atoms with Crippen LogP contribution in [0.2, 0.25) is 0 Å². The molecule has 2 aromatic carbocycles. The fraction of sp³-hybridized carbons (Fsp3) is 0.414. The summed E-state index contributed by atoms with van der Waals surface area (Å²) in [7, 11) is 1.57. The van der Waals surface area contributed by atoms with Gasteiger partial charge in [0.05, 0.1) is 24.9 Å². The molecule has 0 bridgehead atoms. The molecule has 9 heteroatoms. The third kappa shape index (κ3) is 5.04. The summed E-state index contributed by atoms with van der Waals surface area (Å²) in [5.74, 6) is 0.716. The van der Waals surface area contributed by atoms with Crippen molar-refractivity contribution < 1.29 is 23.8 Å². The molecule has 3 amide bonds. The van der Waals surface area contributed by atoms with E-state index in [0.29, 0.717) is 43.0 Å². The summed E-state index contributed by atoms with van der Waals surface area (Å²) in [5, 5.41) is 4.40. The van der Waals surface area contributed by atoms with Crippen molar-refractivity contribution in [1.29, 1.82) is 0 Å². The number of pyridine rings is 1. The van der Waals surface area contributed by atoms with Gasteiger partial charge in [0, 0.05) is 43.4 Å². The number of fused-ring (bicyclic) bond motifs is 1. The summed E-state index contributed by atoms with van der Waals surface area (Å²) in [4.78, 5) is 34.5. The highest BCUT2D eigenvalue weighted by Crippen LogP contribution is 2.38. The van der Waals surface area contributed by atoms with Crippen LogP contribution in [0.1, 0.15) is 32.3 Å². The second-order valence-electron chi connectivity index (χ2n) is 10.1. The van der Waals surface area contributed by atoms with Gasteiger partial charge in [0.2, 0.25) is 0 Å². The van der Waals surface area contributed by atoms with Gasteiger partial charge in [0.25, 0.3) is 5.91 Å². The standard InChI is InChI=1S/C29H34N4O5/c1-29(2)27(34)33(28(35)32(29)18-20-12-13-31-24-9-5-4-8-23(20)24)22-10-11-25(36-3)26(17-22)38-16-14-30-21-7-6-15-37-19-21/h4-5,8-13,17,21,30H,6-7,14-16,18-19H2,1-3H3. The quantitative estimate of drug-likeness (QED) is 0.336. The lowest BCUT2D eigenvalue weighted by molar-refractivity contribution is -0.123. The van der Waals surface area contributed by atoms with Crippen molar-refractivity contribution in [2.24, 2.45) is 0 Å². The molecule has 3 aromatic rings. The van der Waals surface area contributed by atoms with Gasteiger partial charge in [0.1, 0.15) is 12.1 Å². The Morgan fingerprint density at radius 2 is 1.97 bits per heavy atom. The third-order valence-corrected chi connectivity index (χ3v) is 7.25. The largest absolute Gasteiger partial charge is 0.493 e. The zero-order chi connectivity index (χ0) is 26.7. The summed E-state index contributed by atoms with van der Waals surface area (Å²) in [6.45, 7) is 6.41. The average molecular weight is 519 g/mol. The molecule has 1 unspecified atom stereocenters. The maximum absolute atomic E-state index is 13.7. The van der Waals surface area contributed by atoms with Crippen LogP contribution in [0.3, 0.4) is 0 Å². The number of imide groups is 1. The van der Waals surface area contributed by atoms with E-state index in [1.54, 1.807) is 50.3 Å². The van der Waals surface area contributed by atoms with E-state index in [-0.39, 0.29) is 18.5 Å². The lowest BCUT2D eigenvalue weighted by Gasteiger charge is -2.28. The van der Waals surface area contributed by atoms with Crippen LogP contribution in [0.15, 0.2) is 54.7 Å². The zero-order valence-electron chi connectivity index (χ0n) is 22.1. The highest BCUT2D eigenvalue weighted by molar-refractivity contribution is 6.23. The summed E-state index contributed by atoms with van der Waals surface area (Å²) < 4.78 is 17.0. The lowest BCUT2D eigenvalue weighted by Crippen LogP contribution is -2.43. The second-order valence-corrected chi connectivity index (χ2v) is 10.1. The highest BCUT2D eigenvalue weighted by Gasteiger charge is 2.52. The number of aromatic nitrogens is 1. The number of rotatable bonds is 9. The molecule has 2 aliphatic rings. The van der Waals surface area contributed by atoms with Gasteiger partial charge in [-0.15, -0.1) is 0 Å². The molecule has 2 saturated heterocycles. The average Bonchev–Trinajstić information content (AvgIpc) is 3.10. The Morgan fingerprint density at radius 3 is 2.76 bits per heavy atom. The van der Waals surface area contributed by atoms with Gasteiger partial charge in [0.15, 0.2) is 11.5 Å². The number of hydrogen-bond donors (Lipinski definition) is 1. The number of anilines is 1. The van der Waals surface area contributed by atoms with Crippen molar-refractivity contribution in [3.63, 3.8) is 0 Å². The third-order valence-electron chi connectivity index (χ3n) is 7.25. The smallest absolute Gasteiger partial charge is 0.332 e. The van der Waals surface area contributed by atoms with E-state index >= 15 is 0 Å². The van der Waals surface area contributed by atoms with E-state index in [1.165, 1.54) is 4.90 Å². The Balaban J connectivity index is 1.34. The Morgan fingerprint density at radius 1 is 1.13 bits per heavy atom. The van der Waals surface area contributed by atoms with Crippen LogP contribution in [0.5, 0.6) is 11.5 Å². The number of urea groups is 1. The normalized spacial score (nSPS) is 19.3. The van der Waals surface area contributed by atoms with Crippen LogP contribution in [-0.4, -0.2) is 66.9 Å². The van der Waals surface area contributed by atoms with Crippen LogP contribution in [0.4, 0.5) is 10.5 Å².